The summed E-state index contributed by atoms with van der Waals surface area (Å²) in [5, 5.41) is 29.7. The Morgan fingerprint density at radius 1 is 0.466 bits per heavy atom. The molecule has 103 heavy (non-hydrogen) atoms. The molecule has 0 aliphatic carbocycles. The maximum absolute atomic E-state index is 15.6. The lowest BCUT2D eigenvalue weighted by Crippen LogP contribution is -2.62. The summed E-state index contributed by atoms with van der Waals surface area (Å²) in [7, 11) is 1.10. The lowest BCUT2D eigenvalue weighted by atomic mass is 9.77. The van der Waals surface area contributed by atoms with Crippen molar-refractivity contribution in [2.45, 2.75) is 132 Å². The van der Waals surface area contributed by atoms with E-state index in [0.29, 0.717) is 44.5 Å². The first-order valence-electron chi connectivity index (χ1n) is 34.0. The number of ether oxygens (including phenoxy) is 3. The Hall–Kier alpha value is -11.8. The van der Waals surface area contributed by atoms with E-state index in [1.165, 1.54) is 6.92 Å². The van der Waals surface area contributed by atoms with Crippen LogP contribution in [0.3, 0.4) is 0 Å². The second-order valence-electron chi connectivity index (χ2n) is 26.1. The molecule has 8 aromatic rings. The number of nitrogens with one attached hydrogen (secondary N) is 7. The van der Waals surface area contributed by atoms with Gasteiger partial charge in [0.2, 0.25) is 41.4 Å². The molecule has 1 aliphatic rings. The van der Waals surface area contributed by atoms with Gasteiger partial charge in [-0.25, -0.2) is 9.59 Å². The molecule has 534 valence electrons. The van der Waals surface area contributed by atoms with Gasteiger partial charge in [-0.05, 0) is 85.0 Å². The Kier molecular flexibility index (Phi) is 26.0. The highest BCUT2D eigenvalue weighted by Crippen LogP contribution is 2.39. The van der Waals surface area contributed by atoms with Gasteiger partial charge in [0.25, 0.3) is 0 Å². The molecule has 0 saturated carbocycles. The van der Waals surface area contributed by atoms with E-state index >= 15 is 24.0 Å². The molecule has 0 spiro atoms. The first kappa shape index (κ1) is 75.4. The number of nitrogens with zero attached hydrogens (tertiary/aromatic N) is 1. The number of aliphatic carboxylic acids is 1. The fraction of sp³-hybridized carbons (Fsp3) is 0.284. The molecule has 8 N–H and O–H groups in total. The number of carboxylic acid groups (broad SMARTS) is 1. The highest BCUT2D eigenvalue weighted by molar-refractivity contribution is 5.99. The maximum Gasteiger partial charge on any atom is 0.408 e. The minimum Gasteiger partial charge on any atom is -0.481 e. The quantitative estimate of drug-likeness (QED) is 0.0150. The second-order valence-corrected chi connectivity index (χ2v) is 26.1. The van der Waals surface area contributed by atoms with Crippen molar-refractivity contribution < 1.29 is 67.3 Å². The zero-order valence-corrected chi connectivity index (χ0v) is 58.0. The number of benzene rings is 8. The average molecular weight is 1400 g/mol. The van der Waals surface area contributed by atoms with Crippen molar-refractivity contribution in [3.63, 3.8) is 0 Å². The van der Waals surface area contributed by atoms with Gasteiger partial charge in [-0.2, -0.15) is 0 Å². The molecule has 0 aromatic heterocycles. The van der Waals surface area contributed by atoms with Gasteiger partial charge in [0, 0.05) is 13.0 Å². The minimum atomic E-state index is -1.85. The molecular formula is C81H86N8O14. The van der Waals surface area contributed by atoms with Crippen LogP contribution in [0.5, 0.6) is 0 Å². The third-order valence-electron chi connectivity index (χ3n) is 17.6. The number of hydrogen-bond donors (Lipinski definition) is 8. The summed E-state index contributed by atoms with van der Waals surface area (Å²) in [6, 6.07) is 62.7. The predicted octanol–water partition coefficient (Wildman–Crippen LogP) is 8.30. The van der Waals surface area contributed by atoms with Crippen LogP contribution in [0.15, 0.2) is 243 Å². The van der Waals surface area contributed by atoms with E-state index < -0.39 is 138 Å². The topological polar surface area (TPSA) is 306 Å². The average Bonchev–Trinajstić information content (AvgIpc) is 1.15. The smallest absolute Gasteiger partial charge is 0.408 e. The number of alkyl carbamates (subject to hydrolysis) is 1. The predicted molar refractivity (Wildman–Crippen MR) is 385 cm³/mol. The third-order valence-corrected chi connectivity index (χ3v) is 17.6. The van der Waals surface area contributed by atoms with Crippen LogP contribution in [0, 0.1) is 0 Å². The molecule has 8 aromatic carbocycles. The zero-order chi connectivity index (χ0) is 73.5. The normalized spacial score (nSPS) is 14.7. The summed E-state index contributed by atoms with van der Waals surface area (Å²) in [6.45, 7) is 6.13. The fourth-order valence-corrected chi connectivity index (χ4v) is 12.7. The van der Waals surface area contributed by atoms with Crippen molar-refractivity contribution in [1.82, 2.24) is 42.1 Å². The van der Waals surface area contributed by atoms with Crippen molar-refractivity contribution >= 4 is 59.4 Å². The molecule has 1 fully saturated rings. The minimum absolute atomic E-state index is 0.00777. The summed E-state index contributed by atoms with van der Waals surface area (Å²) >= 11 is 0. The SMILES string of the molecule is COC(=O)[C@H](CC(=O)NC(c1ccccc1)(c1ccccc1)c1ccccc1)NC(=O)[C@@H](NC(=O)[C@@H](Cc1ccccc1)NC(=O)[C@H](CC(=O)NC(c1ccccc1)(c1ccccc1)c1ccccc1)NC(=O)[C@@H]1CCCN1C(=O)[C@H](CC(=O)O)NC(=O)OC(C)(C)C)[C@@H](C)OCc1ccccc1. The van der Waals surface area contributed by atoms with Crippen LogP contribution < -0.4 is 37.2 Å². The first-order valence-corrected chi connectivity index (χ1v) is 34.0. The highest BCUT2D eigenvalue weighted by Gasteiger charge is 2.45. The number of rotatable bonds is 31. The third kappa shape index (κ3) is 19.8. The van der Waals surface area contributed by atoms with Crippen LogP contribution in [0.4, 0.5) is 4.79 Å². The number of carbonyl (C=O) groups excluding carboxylic acids is 9. The van der Waals surface area contributed by atoms with Gasteiger partial charge in [-0.3, -0.25) is 38.4 Å². The van der Waals surface area contributed by atoms with E-state index in [1.54, 1.807) is 75.4 Å². The highest BCUT2D eigenvalue weighted by atomic mass is 16.6. The lowest BCUT2D eigenvalue weighted by Gasteiger charge is -2.37. The molecule has 1 heterocycles. The Bertz CT molecular complexity index is 3980. The number of esters is 1. The Morgan fingerprint density at radius 2 is 0.854 bits per heavy atom. The summed E-state index contributed by atoms with van der Waals surface area (Å²) in [4.78, 5) is 147. The van der Waals surface area contributed by atoms with Gasteiger partial charge >= 0.3 is 18.0 Å². The van der Waals surface area contributed by atoms with Crippen molar-refractivity contribution in [2.75, 3.05) is 13.7 Å². The van der Waals surface area contributed by atoms with E-state index in [-0.39, 0.29) is 32.4 Å². The van der Waals surface area contributed by atoms with E-state index in [4.69, 9.17) is 14.2 Å². The van der Waals surface area contributed by atoms with Crippen LogP contribution in [0.25, 0.3) is 0 Å². The van der Waals surface area contributed by atoms with Gasteiger partial charge in [0.05, 0.1) is 39.1 Å². The molecular weight excluding hydrogens is 1310 g/mol. The van der Waals surface area contributed by atoms with E-state index in [9.17, 15) is 29.1 Å². The van der Waals surface area contributed by atoms with Gasteiger partial charge in [0.1, 0.15) is 52.9 Å². The van der Waals surface area contributed by atoms with Crippen LogP contribution in [-0.4, -0.2) is 131 Å². The number of carboxylic acids is 1. The standard InChI is InChI=1S/C81H86N8O14/c1-54(102-53-56-33-16-7-17-34-56)71(75(97)84-66(77(99)101-5)51-69(91)88-81(60-41-24-11-25-42-60,61-43-26-12-27-44-61)62-45-28-13-29-46-62)86-73(95)63(49-55-31-14-6-15-32-55)82-72(94)64(83-74(96)67-47-30-48-89(67)76(98)65(52-70(92)93)85-78(100)103-79(2,3)4)50-68(90)87-80(57-35-18-8-19-36-57,58-37-20-9-21-38-58)59-39-22-10-23-40-59/h6-29,31-46,54,63-67,71H,30,47-53H2,1-5H3,(H,82,94)(H,83,96)(H,84,97)(H,85,100)(H,86,95)(H,87,90)(H,88,91)(H,92,93)/t54-,63-,64+,65+,66+,67+,71+/m1/s1. The van der Waals surface area contributed by atoms with Crippen molar-refractivity contribution in [2.24, 2.45) is 0 Å². The largest absolute Gasteiger partial charge is 0.481 e. The molecule has 1 saturated heterocycles. The molecule has 1 aliphatic heterocycles. The Morgan fingerprint density at radius 3 is 1.26 bits per heavy atom. The molecule has 9 rings (SSSR count). The molecule has 22 heteroatoms. The van der Waals surface area contributed by atoms with E-state index in [1.807, 2.05) is 188 Å². The van der Waals surface area contributed by atoms with Crippen LogP contribution in [0.1, 0.15) is 104 Å². The molecule has 0 radical (unpaired) electrons. The van der Waals surface area contributed by atoms with Crippen LogP contribution in [0.2, 0.25) is 0 Å². The molecule has 22 nitrogen and oxygen atoms in total. The Balaban J connectivity index is 1.06. The maximum atomic E-state index is 15.6. The van der Waals surface area contributed by atoms with E-state index in [0.717, 1.165) is 12.0 Å². The van der Waals surface area contributed by atoms with Gasteiger partial charge in [-0.15, -0.1) is 0 Å². The van der Waals surface area contributed by atoms with E-state index in [2.05, 4.69) is 37.2 Å². The molecule has 0 unspecified atom stereocenters. The van der Waals surface area contributed by atoms with Gasteiger partial charge < -0.3 is 61.4 Å². The van der Waals surface area contributed by atoms with Crippen LogP contribution >= 0.6 is 0 Å². The summed E-state index contributed by atoms with van der Waals surface area (Å²) in [5.74, 6) is -8.80. The first-order chi connectivity index (χ1) is 49.6. The molecule has 0 bridgehead atoms. The zero-order valence-electron chi connectivity index (χ0n) is 58.0. The monoisotopic (exact) mass is 1390 g/mol. The summed E-state index contributed by atoms with van der Waals surface area (Å²) < 4.78 is 16.9. The Labute approximate surface area is 598 Å². The molecule has 8 amide bonds. The van der Waals surface area contributed by atoms with Crippen molar-refractivity contribution in [3.05, 3.63) is 287 Å². The number of likely N-dealkylation sites (tertiary alicyclic amines) is 1. The number of hydrogen-bond acceptors (Lipinski definition) is 13. The van der Waals surface area contributed by atoms with Gasteiger partial charge in [0.15, 0.2) is 0 Å². The van der Waals surface area contributed by atoms with Gasteiger partial charge in [-0.1, -0.05) is 243 Å². The van der Waals surface area contributed by atoms with Crippen LogP contribution in [-0.2, 0) is 81.5 Å². The summed E-state index contributed by atoms with van der Waals surface area (Å²) in [6.07, 6.45) is -4.66. The molecule has 7 atom stereocenters. The fourth-order valence-electron chi connectivity index (χ4n) is 12.7. The number of carbonyl (C=O) groups is 10. The number of methoxy groups -OCH3 is 1. The van der Waals surface area contributed by atoms with Crippen molar-refractivity contribution in [3.8, 4) is 0 Å². The number of amides is 8. The summed E-state index contributed by atoms with van der Waals surface area (Å²) in [5.41, 5.74) is 1.35. The lowest BCUT2D eigenvalue weighted by molar-refractivity contribution is -0.147. The van der Waals surface area contributed by atoms with Crippen molar-refractivity contribution in [1.29, 1.82) is 0 Å². The second kappa shape index (κ2) is 35.5.